The molecule has 16 heavy (non-hydrogen) atoms. The summed E-state index contributed by atoms with van der Waals surface area (Å²) in [5.41, 5.74) is 0. The molecule has 0 saturated heterocycles. The van der Waals surface area contributed by atoms with Crippen molar-refractivity contribution in [2.45, 2.75) is 25.0 Å². The van der Waals surface area contributed by atoms with Crippen LogP contribution in [0, 0.1) is 0 Å². The van der Waals surface area contributed by atoms with E-state index >= 15 is 0 Å². The van der Waals surface area contributed by atoms with Crippen molar-refractivity contribution < 1.29 is 28.3 Å². The van der Waals surface area contributed by atoms with Gasteiger partial charge in [0.05, 0.1) is 12.7 Å². The Kier molecular flexibility index (Phi) is 8.62. The number of hydrogen-bond donors (Lipinski definition) is 2. The molecule has 1 atom stereocenters. The minimum atomic E-state index is -2.77. The fourth-order valence-corrected chi connectivity index (χ4v) is 3.01. The second-order valence-corrected chi connectivity index (χ2v) is 6.24. The third kappa shape index (κ3) is 5.68. The Morgan fingerprint density at radius 2 is 2.00 bits per heavy atom. The van der Waals surface area contributed by atoms with Gasteiger partial charge in [0.2, 0.25) is 0 Å². The average molecular weight is 252 g/mol. The van der Waals surface area contributed by atoms with Gasteiger partial charge in [-0.2, -0.15) is 0 Å². The average Bonchev–Trinajstić information content (AvgIpc) is 2.33. The number of aliphatic hydroxyl groups excluding tert-OH is 2. The van der Waals surface area contributed by atoms with Gasteiger partial charge in [-0.15, -0.1) is 0 Å². The molecule has 96 valence electrons. The van der Waals surface area contributed by atoms with Crippen LogP contribution >= 0.6 is 0 Å². The molecule has 0 radical (unpaired) electrons. The van der Waals surface area contributed by atoms with Gasteiger partial charge < -0.3 is 28.3 Å². The van der Waals surface area contributed by atoms with Gasteiger partial charge in [0, 0.05) is 33.3 Å². The lowest BCUT2D eigenvalue weighted by molar-refractivity contribution is -0.107. The monoisotopic (exact) mass is 252 g/mol. The highest BCUT2D eigenvalue weighted by atomic mass is 28.4. The predicted octanol–water partition coefficient (Wildman–Crippen LogP) is -0.433. The van der Waals surface area contributed by atoms with Gasteiger partial charge in [0.15, 0.2) is 0 Å². The maximum Gasteiger partial charge on any atom is 0.500 e. The first-order valence-electron chi connectivity index (χ1n) is 5.11. The molecule has 0 aliphatic heterocycles. The van der Waals surface area contributed by atoms with Gasteiger partial charge in [0.1, 0.15) is 6.29 Å². The van der Waals surface area contributed by atoms with Crippen LogP contribution in [0.1, 0.15) is 12.8 Å². The van der Waals surface area contributed by atoms with Crippen LogP contribution in [0.15, 0.2) is 0 Å². The molecule has 0 aliphatic carbocycles. The summed E-state index contributed by atoms with van der Waals surface area (Å²) in [5, 5.41) is 17.7. The molecule has 0 rings (SSSR count). The van der Waals surface area contributed by atoms with E-state index < -0.39 is 14.9 Å². The van der Waals surface area contributed by atoms with E-state index in [4.69, 9.17) is 23.5 Å². The van der Waals surface area contributed by atoms with Crippen LogP contribution in [-0.4, -0.2) is 58.8 Å². The highest BCUT2D eigenvalue weighted by Crippen LogP contribution is 2.15. The van der Waals surface area contributed by atoms with Crippen LogP contribution in [-0.2, 0) is 18.1 Å². The summed E-state index contributed by atoms with van der Waals surface area (Å²) in [6.07, 6.45) is 0.604. The van der Waals surface area contributed by atoms with E-state index in [2.05, 4.69) is 0 Å². The zero-order chi connectivity index (χ0) is 12.4. The van der Waals surface area contributed by atoms with E-state index in [1.165, 1.54) is 14.2 Å². The van der Waals surface area contributed by atoms with Crippen LogP contribution in [0.3, 0.4) is 0 Å². The molecule has 0 saturated carbocycles. The van der Waals surface area contributed by atoms with Crippen molar-refractivity contribution in [1.29, 1.82) is 0 Å². The third-order valence-electron chi connectivity index (χ3n) is 2.17. The Balaban J connectivity index is 4.05. The van der Waals surface area contributed by atoms with Gasteiger partial charge in [-0.25, -0.2) is 0 Å². The molecule has 0 aliphatic rings. The van der Waals surface area contributed by atoms with Crippen LogP contribution in [0.2, 0.25) is 6.04 Å². The van der Waals surface area contributed by atoms with Gasteiger partial charge in [-0.1, -0.05) is 0 Å². The minimum absolute atomic E-state index is 0.231. The summed E-state index contributed by atoms with van der Waals surface area (Å²) in [7, 11) is 0.182. The summed E-state index contributed by atoms with van der Waals surface area (Å²) in [4.78, 5) is 10.3. The Labute approximate surface area is 96.5 Å². The maximum absolute atomic E-state index is 10.3. The highest BCUT2D eigenvalue weighted by molar-refractivity contribution is 6.60. The summed E-state index contributed by atoms with van der Waals surface area (Å²) in [6.45, 7) is -0.0687. The molecule has 0 aromatic carbocycles. The minimum Gasteiger partial charge on any atom is -0.394 e. The summed E-state index contributed by atoms with van der Waals surface area (Å²) < 4.78 is 15.9. The summed E-state index contributed by atoms with van der Waals surface area (Å²) >= 11 is 0. The molecule has 7 heteroatoms. The van der Waals surface area contributed by atoms with Crippen molar-refractivity contribution >= 4 is 15.1 Å². The molecule has 0 bridgehead atoms. The van der Waals surface area contributed by atoms with Gasteiger partial charge in [-0.3, -0.25) is 0 Å². The predicted molar refractivity (Wildman–Crippen MR) is 58.9 cm³/mol. The molecular weight excluding hydrogens is 232 g/mol. The molecule has 0 aromatic heterocycles. The van der Waals surface area contributed by atoms with E-state index in [1.807, 2.05) is 0 Å². The van der Waals surface area contributed by atoms with Gasteiger partial charge >= 0.3 is 8.80 Å². The Morgan fingerprint density at radius 3 is 2.44 bits per heavy atom. The number of carbonyl (C=O) groups is 1. The number of aldehydes is 1. The quantitative estimate of drug-likeness (QED) is 0.405. The molecule has 1 unspecified atom stereocenters. The van der Waals surface area contributed by atoms with Crippen LogP contribution in [0.5, 0.6) is 0 Å². The van der Waals surface area contributed by atoms with Gasteiger partial charge in [0.25, 0.3) is 0 Å². The van der Waals surface area contributed by atoms with Crippen molar-refractivity contribution in [1.82, 2.24) is 0 Å². The smallest absolute Gasteiger partial charge is 0.394 e. The number of rotatable bonds is 10. The number of aliphatic hydroxyl groups is 2. The fraction of sp³-hybridized carbons (Fsp3) is 0.889. The van der Waals surface area contributed by atoms with E-state index in [9.17, 15) is 4.79 Å². The number of carbonyl (C=O) groups excluding carboxylic acids is 1. The van der Waals surface area contributed by atoms with E-state index in [-0.39, 0.29) is 13.2 Å². The molecule has 0 fully saturated rings. The SMILES string of the molecule is CO[Si](CCC=O)(OC)OCCC(O)CO. The zero-order valence-corrected chi connectivity index (χ0v) is 10.7. The molecule has 6 nitrogen and oxygen atoms in total. The normalized spacial score (nSPS) is 13.8. The second kappa shape index (κ2) is 8.80. The third-order valence-corrected chi connectivity index (χ3v) is 4.96. The Hall–Kier alpha value is -0.313. The van der Waals surface area contributed by atoms with Crippen LogP contribution < -0.4 is 0 Å². The lowest BCUT2D eigenvalue weighted by atomic mass is 10.3. The van der Waals surface area contributed by atoms with Crippen molar-refractivity contribution in [2.24, 2.45) is 0 Å². The summed E-state index contributed by atoms with van der Waals surface area (Å²) in [6, 6.07) is 0.415. The lowest BCUT2D eigenvalue weighted by Crippen LogP contribution is -2.44. The van der Waals surface area contributed by atoms with Crippen molar-refractivity contribution in [3.8, 4) is 0 Å². The topological polar surface area (TPSA) is 85.2 Å². The molecule has 0 amide bonds. The first-order chi connectivity index (χ1) is 7.64. The first-order valence-corrected chi connectivity index (χ1v) is 7.04. The molecule has 0 aromatic rings. The molecule has 0 heterocycles. The van der Waals surface area contributed by atoms with Crippen LogP contribution in [0.4, 0.5) is 0 Å². The molecular formula is C9H20O6Si. The van der Waals surface area contributed by atoms with Crippen molar-refractivity contribution in [3.63, 3.8) is 0 Å². The molecule has 0 spiro atoms. The van der Waals surface area contributed by atoms with Crippen molar-refractivity contribution in [2.75, 3.05) is 27.4 Å². The Morgan fingerprint density at radius 1 is 1.38 bits per heavy atom. The maximum atomic E-state index is 10.3. The summed E-state index contributed by atoms with van der Waals surface area (Å²) in [5.74, 6) is 0. The van der Waals surface area contributed by atoms with E-state index in [1.54, 1.807) is 0 Å². The number of hydrogen-bond acceptors (Lipinski definition) is 6. The van der Waals surface area contributed by atoms with E-state index in [0.717, 1.165) is 6.29 Å². The molecule has 2 N–H and O–H groups in total. The largest absolute Gasteiger partial charge is 0.500 e. The van der Waals surface area contributed by atoms with Gasteiger partial charge in [-0.05, 0) is 6.42 Å². The Bertz CT molecular complexity index is 185. The second-order valence-electron chi connectivity index (χ2n) is 3.27. The lowest BCUT2D eigenvalue weighted by Gasteiger charge is -2.26. The van der Waals surface area contributed by atoms with E-state index in [0.29, 0.717) is 18.9 Å². The fourth-order valence-electron chi connectivity index (χ4n) is 1.15. The van der Waals surface area contributed by atoms with Crippen LogP contribution in [0.25, 0.3) is 0 Å². The highest BCUT2D eigenvalue weighted by Gasteiger charge is 2.38. The zero-order valence-electron chi connectivity index (χ0n) is 9.72. The van der Waals surface area contributed by atoms with Crippen molar-refractivity contribution in [3.05, 3.63) is 0 Å². The first kappa shape index (κ1) is 15.7. The standard InChI is InChI=1S/C9H20O6Si/c1-13-16(14-2,7-3-5-10)15-6-4-9(12)8-11/h5,9,11-12H,3-4,6-8H2,1-2H3.